The van der Waals surface area contributed by atoms with E-state index in [1.807, 2.05) is 56.3 Å². The van der Waals surface area contributed by atoms with Crippen LogP contribution in [0.2, 0.25) is 0 Å². The molecule has 13 heteroatoms. The Kier molecular flexibility index (Phi) is 10.1. The molecule has 226 valence electrons. The molecule has 5 N–H and O–H groups in total. The third-order valence-electron chi connectivity index (χ3n) is 6.40. The van der Waals surface area contributed by atoms with Crippen LogP contribution >= 0.6 is 0 Å². The molecule has 1 amide bonds. The van der Waals surface area contributed by atoms with Crippen molar-refractivity contribution in [2.45, 2.75) is 45.1 Å². The molecular weight excluding hydrogens is 563 g/mol. The van der Waals surface area contributed by atoms with Crippen molar-refractivity contribution in [3.63, 3.8) is 0 Å². The fraction of sp³-hybridized carbons (Fsp3) is 0.300. The zero-order valence-corrected chi connectivity index (χ0v) is 23.6. The van der Waals surface area contributed by atoms with Crippen LogP contribution in [0.15, 0.2) is 76.8 Å². The molecule has 0 spiro atoms. The molecule has 3 heterocycles. The van der Waals surface area contributed by atoms with Gasteiger partial charge in [-0.1, -0.05) is 62.4 Å². The number of para-hydroxylation sites is 1. The summed E-state index contributed by atoms with van der Waals surface area (Å²) < 4.78 is 51.0. The minimum absolute atomic E-state index is 0.0832. The van der Waals surface area contributed by atoms with Crippen LogP contribution in [-0.2, 0) is 20.4 Å². The Morgan fingerprint density at radius 1 is 1.19 bits per heavy atom. The smallest absolute Gasteiger partial charge is 0.405 e. The molecule has 0 aliphatic carbocycles. The van der Waals surface area contributed by atoms with Crippen molar-refractivity contribution in [2.24, 2.45) is 15.7 Å². The maximum absolute atomic E-state index is 13.4. The van der Waals surface area contributed by atoms with Crippen molar-refractivity contribution in [3.05, 3.63) is 89.2 Å². The number of anilines is 2. The first-order valence-corrected chi connectivity index (χ1v) is 13.8. The van der Waals surface area contributed by atoms with E-state index < -0.39 is 35.7 Å². The van der Waals surface area contributed by atoms with Crippen LogP contribution in [0.4, 0.5) is 24.5 Å². The third kappa shape index (κ3) is 7.74. The summed E-state index contributed by atoms with van der Waals surface area (Å²) in [6.07, 6.45) is -4.00. The molecule has 3 aromatic rings. The summed E-state index contributed by atoms with van der Waals surface area (Å²) in [5, 5.41) is 14.0. The molecule has 1 saturated heterocycles. The van der Waals surface area contributed by atoms with E-state index in [0.717, 1.165) is 24.5 Å². The Labute approximate surface area is 246 Å². The van der Waals surface area contributed by atoms with E-state index in [9.17, 15) is 18.0 Å². The van der Waals surface area contributed by atoms with Gasteiger partial charge in [0.15, 0.2) is 0 Å². The van der Waals surface area contributed by atoms with E-state index in [-0.39, 0.29) is 24.0 Å². The predicted octanol–water partition coefficient (Wildman–Crippen LogP) is 5.19. The zero-order valence-electron chi connectivity index (χ0n) is 23.6. The van der Waals surface area contributed by atoms with Gasteiger partial charge in [0, 0.05) is 30.5 Å². The van der Waals surface area contributed by atoms with Crippen LogP contribution in [0, 0.1) is 5.41 Å². The number of nitrogens with zero attached hydrogens (tertiary/aromatic N) is 3. The fourth-order valence-corrected chi connectivity index (χ4v) is 4.42. The van der Waals surface area contributed by atoms with Crippen molar-refractivity contribution in [3.8, 4) is 0 Å². The molecule has 43 heavy (non-hydrogen) atoms. The number of hydrogen-bond acceptors (Lipinski definition) is 8. The molecule has 10 nitrogen and oxygen atoms in total. The number of rotatable bonds is 6. The van der Waals surface area contributed by atoms with Crippen molar-refractivity contribution >= 4 is 34.9 Å². The number of aromatic nitrogens is 1. The van der Waals surface area contributed by atoms with Gasteiger partial charge >= 0.3 is 6.18 Å². The number of aliphatic imine (C=N–C) groups is 2. The second kappa shape index (κ2) is 13.9. The maximum atomic E-state index is 13.4. The average molecular weight is 596 g/mol. The molecule has 2 aromatic carbocycles. The number of halogens is 3. The van der Waals surface area contributed by atoms with E-state index in [1.54, 1.807) is 12.1 Å². The molecular formula is C30H32F3N7O3. The van der Waals surface area contributed by atoms with Gasteiger partial charge in [-0.2, -0.15) is 18.2 Å². The minimum Gasteiger partial charge on any atom is -0.405 e. The second-order valence-corrected chi connectivity index (χ2v) is 9.28. The van der Waals surface area contributed by atoms with Crippen molar-refractivity contribution in [1.29, 1.82) is 5.41 Å². The third-order valence-corrected chi connectivity index (χ3v) is 6.40. The lowest BCUT2D eigenvalue weighted by molar-refractivity contribution is -0.137. The number of carbonyl (C=O) groups excluding carboxylic acids is 1. The van der Waals surface area contributed by atoms with Gasteiger partial charge in [-0.3, -0.25) is 10.2 Å². The van der Waals surface area contributed by atoms with Gasteiger partial charge in [0.25, 0.3) is 11.9 Å². The van der Waals surface area contributed by atoms with Gasteiger partial charge in [-0.15, -0.1) is 0 Å². The van der Waals surface area contributed by atoms with Gasteiger partial charge in [-0.25, -0.2) is 9.98 Å². The molecule has 2 unspecified atom stereocenters. The Hall–Kier alpha value is -4.78. The quantitative estimate of drug-likeness (QED) is 0.228. The Balaban J connectivity index is 0.00000207. The molecule has 0 radical (unpaired) electrons. The maximum Gasteiger partial charge on any atom is 0.417 e. The molecule has 2 aliphatic rings. The highest BCUT2D eigenvalue weighted by Gasteiger charge is 2.33. The number of pyridine rings is 1. The SMILES string of the molecule is CC.N=C(O/C(N)=N/C1N=C(c2ccccc2)c2ccccc2NC1=O)c1ncc(C(F)(F)F)cc1NCC1CCCO1. The number of benzodiazepines with no additional fused rings is 1. The summed E-state index contributed by atoms with van der Waals surface area (Å²) in [5.74, 6) is -1.26. The number of nitrogens with one attached hydrogen (secondary N) is 3. The molecule has 0 bridgehead atoms. The van der Waals surface area contributed by atoms with Crippen LogP contribution < -0.4 is 16.4 Å². The lowest BCUT2D eigenvalue weighted by Crippen LogP contribution is -2.30. The first kappa shape index (κ1) is 31.2. The fourth-order valence-electron chi connectivity index (χ4n) is 4.42. The van der Waals surface area contributed by atoms with Crippen LogP contribution in [0.1, 0.15) is 49.1 Å². The first-order valence-electron chi connectivity index (χ1n) is 13.8. The average Bonchev–Trinajstić information content (AvgIpc) is 3.48. The van der Waals surface area contributed by atoms with E-state index in [0.29, 0.717) is 29.8 Å². The summed E-state index contributed by atoms with van der Waals surface area (Å²) in [4.78, 5) is 25.4. The number of benzene rings is 2. The summed E-state index contributed by atoms with van der Waals surface area (Å²) in [7, 11) is 0. The second-order valence-electron chi connectivity index (χ2n) is 9.28. The summed E-state index contributed by atoms with van der Waals surface area (Å²) in [5.41, 5.74) is 7.08. The molecule has 1 aromatic heterocycles. The van der Waals surface area contributed by atoms with E-state index in [4.69, 9.17) is 20.6 Å². The largest absolute Gasteiger partial charge is 0.417 e. The number of amides is 1. The highest BCUT2D eigenvalue weighted by atomic mass is 19.4. The molecule has 1 fully saturated rings. The monoisotopic (exact) mass is 595 g/mol. The minimum atomic E-state index is -4.64. The van der Waals surface area contributed by atoms with Crippen molar-refractivity contribution in [2.75, 3.05) is 23.8 Å². The van der Waals surface area contributed by atoms with Gasteiger partial charge in [-0.05, 0) is 25.0 Å². The number of amidine groups is 1. The van der Waals surface area contributed by atoms with Gasteiger partial charge in [0.1, 0.15) is 5.69 Å². The van der Waals surface area contributed by atoms with Gasteiger partial charge in [0.05, 0.1) is 28.8 Å². The number of nitrogens with two attached hydrogens (primary N) is 1. The van der Waals surface area contributed by atoms with Crippen molar-refractivity contribution in [1.82, 2.24) is 4.98 Å². The molecule has 5 rings (SSSR count). The Morgan fingerprint density at radius 3 is 2.60 bits per heavy atom. The van der Waals surface area contributed by atoms with E-state index in [1.165, 1.54) is 0 Å². The number of fused-ring (bicyclic) bond motifs is 1. The standard InChI is InChI=1S/C28H26F3N7O3.C2H6/c29-28(30,31)17-13-21(34-15-18-9-6-12-40-18)23(35-14-17)24(32)41-27(33)38-25-26(39)36-20-11-5-4-10-19(20)22(37-25)16-7-2-1-3-8-16;1-2/h1-5,7-8,10-11,13-14,18,25,32,34H,6,9,12,15H2,(H2,33,38)(H,36,39);1-2H3. The summed E-state index contributed by atoms with van der Waals surface area (Å²) in [6, 6.07) is 16.6. The van der Waals surface area contributed by atoms with Crippen LogP contribution in [0.5, 0.6) is 0 Å². The zero-order chi connectivity index (χ0) is 31.0. The lowest BCUT2D eigenvalue weighted by Gasteiger charge is -2.17. The molecule has 2 atom stereocenters. The van der Waals surface area contributed by atoms with Crippen LogP contribution in [0.25, 0.3) is 0 Å². The first-order chi connectivity index (χ1) is 20.7. The predicted molar refractivity (Wildman–Crippen MR) is 159 cm³/mol. The highest BCUT2D eigenvalue weighted by Crippen LogP contribution is 2.32. The normalized spacial score (nSPS) is 18.3. The van der Waals surface area contributed by atoms with Gasteiger partial charge in [0.2, 0.25) is 12.1 Å². The molecule has 0 saturated carbocycles. The summed E-state index contributed by atoms with van der Waals surface area (Å²) in [6.45, 7) is 4.78. The number of ether oxygens (including phenoxy) is 2. The summed E-state index contributed by atoms with van der Waals surface area (Å²) >= 11 is 0. The topological polar surface area (TPSA) is 147 Å². The van der Waals surface area contributed by atoms with Crippen molar-refractivity contribution < 1.29 is 27.4 Å². The number of hydrogen-bond donors (Lipinski definition) is 4. The van der Waals surface area contributed by atoms with Crippen LogP contribution in [0.3, 0.4) is 0 Å². The Morgan fingerprint density at radius 2 is 1.91 bits per heavy atom. The van der Waals surface area contributed by atoms with E-state index in [2.05, 4.69) is 25.6 Å². The lowest BCUT2D eigenvalue weighted by atomic mass is 10.0. The highest BCUT2D eigenvalue weighted by molar-refractivity contribution is 6.19. The van der Waals surface area contributed by atoms with Crippen LogP contribution in [-0.4, -0.2) is 53.9 Å². The number of carbonyl (C=O) groups is 1. The van der Waals surface area contributed by atoms with E-state index >= 15 is 0 Å². The number of alkyl halides is 3. The Bertz CT molecular complexity index is 1500. The molecule has 2 aliphatic heterocycles. The van der Waals surface area contributed by atoms with Gasteiger partial charge < -0.3 is 25.8 Å².